The molecular weight excluding hydrogens is 190 g/mol. The fourth-order valence-corrected chi connectivity index (χ4v) is 1.79. The van der Waals surface area contributed by atoms with Crippen LogP contribution in [-0.2, 0) is 9.53 Å². The highest BCUT2D eigenvalue weighted by Crippen LogP contribution is 2.19. The summed E-state index contributed by atoms with van der Waals surface area (Å²) in [7, 11) is 0. The summed E-state index contributed by atoms with van der Waals surface area (Å²) in [5.74, 6) is 0.376. The Hall–Kier alpha value is -0.570. The van der Waals surface area contributed by atoms with E-state index in [1.54, 1.807) is 0 Å². The molecule has 88 valence electrons. The van der Waals surface area contributed by atoms with Crippen molar-refractivity contribution in [1.29, 1.82) is 0 Å². The quantitative estimate of drug-likeness (QED) is 0.776. The van der Waals surface area contributed by atoms with Crippen molar-refractivity contribution in [3.8, 4) is 0 Å². The number of hydrogen-bond donors (Lipinski definition) is 1. The van der Waals surface area contributed by atoms with E-state index in [-0.39, 0.29) is 17.4 Å². The molecule has 3 nitrogen and oxygen atoms in total. The third-order valence-electron chi connectivity index (χ3n) is 3.58. The second kappa shape index (κ2) is 5.50. The van der Waals surface area contributed by atoms with Gasteiger partial charge in [-0.05, 0) is 32.6 Å². The lowest BCUT2D eigenvalue weighted by molar-refractivity contribution is -0.129. The third-order valence-corrected chi connectivity index (χ3v) is 3.58. The molecule has 1 aliphatic heterocycles. The molecule has 1 rings (SSSR count). The van der Waals surface area contributed by atoms with Crippen LogP contribution < -0.4 is 5.32 Å². The number of carbonyl (C=O) groups is 1. The van der Waals surface area contributed by atoms with E-state index in [0.29, 0.717) is 0 Å². The van der Waals surface area contributed by atoms with Crippen LogP contribution in [0.4, 0.5) is 0 Å². The minimum absolute atomic E-state index is 0.0324. The Bertz CT molecular complexity index is 206. The Labute approximate surface area is 92.6 Å². The molecule has 0 bridgehead atoms. The number of hydrogen-bond acceptors (Lipinski definition) is 2. The number of rotatable bonds is 4. The molecule has 0 aromatic rings. The minimum atomic E-state index is -0.0324. The van der Waals surface area contributed by atoms with Crippen molar-refractivity contribution in [3.05, 3.63) is 0 Å². The lowest BCUT2D eigenvalue weighted by atomic mass is 9.92. The third kappa shape index (κ3) is 3.49. The Morgan fingerprint density at radius 3 is 2.33 bits per heavy atom. The molecule has 1 saturated heterocycles. The molecule has 15 heavy (non-hydrogen) atoms. The van der Waals surface area contributed by atoms with Gasteiger partial charge in [-0.1, -0.05) is 13.8 Å². The Morgan fingerprint density at radius 1 is 1.33 bits per heavy atom. The number of nitrogens with one attached hydrogen (secondary N) is 1. The van der Waals surface area contributed by atoms with Crippen LogP contribution in [0.1, 0.15) is 46.5 Å². The summed E-state index contributed by atoms with van der Waals surface area (Å²) in [5, 5.41) is 3.17. The van der Waals surface area contributed by atoms with Gasteiger partial charge in [-0.2, -0.15) is 0 Å². The fourth-order valence-electron chi connectivity index (χ4n) is 1.79. The molecular formula is C12H23NO2. The molecule has 1 aliphatic rings. The first-order valence-electron chi connectivity index (χ1n) is 6.01. The van der Waals surface area contributed by atoms with Crippen LogP contribution >= 0.6 is 0 Å². The Balaban J connectivity index is 2.46. The van der Waals surface area contributed by atoms with Crippen LogP contribution in [-0.4, -0.2) is 24.7 Å². The van der Waals surface area contributed by atoms with E-state index in [9.17, 15) is 4.79 Å². The number of ether oxygens (including phenoxy) is 1. The monoisotopic (exact) mass is 213 g/mol. The van der Waals surface area contributed by atoms with E-state index in [0.717, 1.165) is 38.9 Å². The summed E-state index contributed by atoms with van der Waals surface area (Å²) in [6.07, 6.45) is 3.71. The lowest BCUT2D eigenvalue weighted by Crippen LogP contribution is -2.48. The van der Waals surface area contributed by atoms with E-state index in [4.69, 9.17) is 4.74 Å². The molecule has 0 atom stereocenters. The van der Waals surface area contributed by atoms with Crippen LogP contribution in [0.2, 0.25) is 0 Å². The van der Waals surface area contributed by atoms with Gasteiger partial charge in [0, 0.05) is 24.7 Å². The molecule has 0 spiro atoms. The summed E-state index contributed by atoms with van der Waals surface area (Å²) in [4.78, 5) is 12.0. The molecule has 3 heteroatoms. The smallest absolute Gasteiger partial charge is 0.223 e. The summed E-state index contributed by atoms with van der Waals surface area (Å²) in [6, 6.07) is 0. The zero-order valence-electron chi connectivity index (χ0n) is 10.1. The van der Waals surface area contributed by atoms with Crippen LogP contribution in [0.3, 0.4) is 0 Å². The highest BCUT2D eigenvalue weighted by atomic mass is 16.5. The molecule has 0 saturated carbocycles. The topological polar surface area (TPSA) is 38.3 Å². The second-order valence-corrected chi connectivity index (χ2v) is 4.64. The van der Waals surface area contributed by atoms with Gasteiger partial charge in [0.1, 0.15) is 0 Å². The maximum Gasteiger partial charge on any atom is 0.223 e. The summed E-state index contributed by atoms with van der Waals surface area (Å²) in [6.45, 7) is 7.81. The van der Waals surface area contributed by atoms with Gasteiger partial charge in [0.15, 0.2) is 0 Å². The average Bonchev–Trinajstić information content (AvgIpc) is 2.30. The first-order valence-corrected chi connectivity index (χ1v) is 6.01. The van der Waals surface area contributed by atoms with Crippen molar-refractivity contribution in [1.82, 2.24) is 5.32 Å². The maximum absolute atomic E-state index is 12.0. The van der Waals surface area contributed by atoms with Crippen molar-refractivity contribution in [3.63, 3.8) is 0 Å². The van der Waals surface area contributed by atoms with Crippen molar-refractivity contribution < 1.29 is 9.53 Å². The van der Waals surface area contributed by atoms with Gasteiger partial charge >= 0.3 is 0 Å². The number of carbonyl (C=O) groups excluding carboxylic acids is 1. The van der Waals surface area contributed by atoms with Crippen molar-refractivity contribution in [2.24, 2.45) is 5.92 Å². The maximum atomic E-state index is 12.0. The van der Waals surface area contributed by atoms with Crippen LogP contribution in [0, 0.1) is 5.92 Å². The van der Waals surface area contributed by atoms with Crippen LogP contribution in [0.25, 0.3) is 0 Å². The average molecular weight is 213 g/mol. The summed E-state index contributed by atoms with van der Waals surface area (Å²) < 4.78 is 5.25. The molecule has 0 aromatic carbocycles. The van der Waals surface area contributed by atoms with Crippen LogP contribution in [0.15, 0.2) is 0 Å². The molecule has 0 radical (unpaired) electrons. The first-order chi connectivity index (χ1) is 7.11. The van der Waals surface area contributed by atoms with Gasteiger partial charge in [-0.15, -0.1) is 0 Å². The SMILES string of the molecule is CCC(C)(CC)NC(=O)C1CCOCC1. The fraction of sp³-hybridized carbons (Fsp3) is 0.917. The van der Waals surface area contributed by atoms with Gasteiger partial charge < -0.3 is 10.1 Å². The van der Waals surface area contributed by atoms with Gasteiger partial charge in [0.25, 0.3) is 0 Å². The van der Waals surface area contributed by atoms with E-state index in [1.807, 2.05) is 0 Å². The molecule has 1 fully saturated rings. The summed E-state index contributed by atoms with van der Waals surface area (Å²) >= 11 is 0. The van der Waals surface area contributed by atoms with E-state index in [2.05, 4.69) is 26.1 Å². The van der Waals surface area contributed by atoms with Crippen molar-refractivity contribution in [2.75, 3.05) is 13.2 Å². The first kappa shape index (κ1) is 12.5. The molecule has 0 aliphatic carbocycles. The second-order valence-electron chi connectivity index (χ2n) is 4.64. The Kier molecular flexibility index (Phi) is 4.58. The highest BCUT2D eigenvalue weighted by molar-refractivity contribution is 5.79. The van der Waals surface area contributed by atoms with E-state index in [1.165, 1.54) is 0 Å². The van der Waals surface area contributed by atoms with Crippen LogP contribution in [0.5, 0.6) is 0 Å². The predicted octanol–water partition coefficient (Wildman–Crippen LogP) is 2.11. The standard InChI is InChI=1S/C12H23NO2/c1-4-12(3,5-2)13-11(14)10-6-8-15-9-7-10/h10H,4-9H2,1-3H3,(H,13,14). The highest BCUT2D eigenvalue weighted by Gasteiger charge is 2.27. The molecule has 0 aromatic heterocycles. The van der Waals surface area contributed by atoms with Crippen molar-refractivity contribution in [2.45, 2.75) is 52.0 Å². The number of amides is 1. The molecule has 0 unspecified atom stereocenters. The van der Waals surface area contributed by atoms with E-state index < -0.39 is 0 Å². The van der Waals surface area contributed by atoms with Gasteiger partial charge in [-0.3, -0.25) is 4.79 Å². The molecule has 1 N–H and O–H groups in total. The van der Waals surface area contributed by atoms with Gasteiger partial charge in [-0.25, -0.2) is 0 Å². The zero-order chi connectivity index (χ0) is 11.3. The summed E-state index contributed by atoms with van der Waals surface area (Å²) in [5.41, 5.74) is -0.0324. The molecule has 1 amide bonds. The largest absolute Gasteiger partial charge is 0.381 e. The zero-order valence-corrected chi connectivity index (χ0v) is 10.1. The van der Waals surface area contributed by atoms with E-state index >= 15 is 0 Å². The van der Waals surface area contributed by atoms with Gasteiger partial charge in [0.2, 0.25) is 5.91 Å². The Morgan fingerprint density at radius 2 is 1.87 bits per heavy atom. The minimum Gasteiger partial charge on any atom is -0.381 e. The lowest BCUT2D eigenvalue weighted by Gasteiger charge is -2.31. The van der Waals surface area contributed by atoms with Gasteiger partial charge in [0.05, 0.1) is 0 Å². The van der Waals surface area contributed by atoms with Crippen molar-refractivity contribution >= 4 is 5.91 Å². The predicted molar refractivity (Wildman–Crippen MR) is 60.7 cm³/mol. The molecule has 1 heterocycles. The normalized spacial score (nSPS) is 18.9.